The van der Waals surface area contributed by atoms with Crippen LogP contribution in [0.25, 0.3) is 0 Å². The molecule has 0 aromatic heterocycles. The minimum atomic E-state index is -4.56. The molecule has 5 N–H and O–H groups in total. The zero-order valence-electron chi connectivity index (χ0n) is 9.92. The fourth-order valence-electron chi connectivity index (χ4n) is 1.05. The van der Waals surface area contributed by atoms with Gasteiger partial charge in [-0.1, -0.05) is 0 Å². The number of carboxylic acid groups (broad SMARTS) is 4. The standard InChI is InChI=1S/C8H6O7S.CH2O3.K.Pb.H/c9-7(10)5-2-1-4(16(13,14)15)3-6(5)8(11)12;2-1(3)4;;;/h1-3H,(H,9,10)(H,11,12)(H,13,14,15);(H2,2,3,4);;;. The van der Waals surface area contributed by atoms with Crippen LogP contribution < -0.4 is 0 Å². The Bertz CT molecular complexity index is 652. The summed E-state index contributed by atoms with van der Waals surface area (Å²) < 4.78 is 30.1. The van der Waals surface area contributed by atoms with Crippen molar-refractivity contribution in [1.29, 1.82) is 0 Å². The van der Waals surface area contributed by atoms with Gasteiger partial charge in [-0.25, -0.2) is 14.4 Å². The first-order valence-corrected chi connectivity index (χ1v) is 5.90. The molecule has 0 saturated carbocycles. The van der Waals surface area contributed by atoms with Gasteiger partial charge in [-0.15, -0.1) is 0 Å². The molecule has 0 unspecified atom stereocenters. The summed E-state index contributed by atoms with van der Waals surface area (Å²) in [6, 6.07) is 2.20. The van der Waals surface area contributed by atoms with Gasteiger partial charge in [0.15, 0.2) is 0 Å². The summed E-state index contributed by atoms with van der Waals surface area (Å²) in [5.41, 5.74) is -1.26. The molecule has 1 rings (SSSR count). The monoisotopic (exact) mass is 556 g/mol. The quantitative estimate of drug-likeness (QED) is 0.241. The second-order valence-electron chi connectivity index (χ2n) is 3.08. The number of benzene rings is 1. The van der Waals surface area contributed by atoms with E-state index in [1.165, 1.54) is 0 Å². The van der Waals surface area contributed by atoms with Crippen LogP contribution in [-0.2, 0) is 10.1 Å². The van der Waals surface area contributed by atoms with Crippen LogP contribution in [0.2, 0.25) is 0 Å². The minimum Gasteiger partial charge on any atom is 0 e. The number of hydrogen-bond donors (Lipinski definition) is 5. The second-order valence-corrected chi connectivity index (χ2v) is 4.50. The number of rotatable bonds is 3. The zero-order valence-corrected chi connectivity index (χ0v) is 14.6. The van der Waals surface area contributed by atoms with Gasteiger partial charge in [0, 0.05) is 27.3 Å². The molecule has 0 fully saturated rings. The fraction of sp³-hybridized carbons (Fsp3) is 0. The Balaban J connectivity index is -0.000000538. The Morgan fingerprint density at radius 1 is 0.864 bits per heavy atom. The van der Waals surface area contributed by atoms with Gasteiger partial charge in [-0.05, 0) is 18.2 Å². The molecule has 0 aliphatic rings. The van der Waals surface area contributed by atoms with Crippen LogP contribution in [0.5, 0.6) is 0 Å². The van der Waals surface area contributed by atoms with Gasteiger partial charge < -0.3 is 20.4 Å². The third kappa shape index (κ3) is 9.82. The van der Waals surface area contributed by atoms with E-state index in [9.17, 15) is 18.0 Å². The summed E-state index contributed by atoms with van der Waals surface area (Å²) in [4.78, 5) is 29.2. The van der Waals surface area contributed by atoms with Crippen LogP contribution >= 0.6 is 0 Å². The zero-order chi connectivity index (χ0) is 16.1. The van der Waals surface area contributed by atoms with Crippen molar-refractivity contribution in [2.75, 3.05) is 0 Å². The number of hydrogen-bond acceptors (Lipinski definition) is 5. The molecule has 0 spiro atoms. The summed E-state index contributed by atoms with van der Waals surface area (Å²) in [7, 11) is -4.56. The molecule has 116 valence electrons. The van der Waals surface area contributed by atoms with Crippen LogP contribution in [0.15, 0.2) is 23.1 Å². The van der Waals surface area contributed by atoms with Crippen molar-refractivity contribution in [1.82, 2.24) is 0 Å². The number of aromatic carboxylic acids is 2. The van der Waals surface area contributed by atoms with Gasteiger partial charge in [-0.2, -0.15) is 8.42 Å². The van der Waals surface area contributed by atoms with E-state index in [1.54, 1.807) is 0 Å². The summed E-state index contributed by atoms with van der Waals surface area (Å²) in [6.07, 6.45) is -1.83. The average molecular weight is 556 g/mol. The molecule has 0 atom stereocenters. The Hall–Kier alpha value is -0.102. The van der Waals surface area contributed by atoms with Crippen molar-refractivity contribution < 1.29 is 47.8 Å². The summed E-state index contributed by atoms with van der Waals surface area (Å²) >= 11 is 0. The SMILES string of the molecule is O=C(O)O.O=C(O)c1ccc(S(=O)(=O)O)cc1C(=O)O.[KH].[Pb]. The first-order valence-electron chi connectivity index (χ1n) is 4.46. The Kier molecular flexibility index (Phi) is 13.9. The van der Waals surface area contributed by atoms with E-state index in [2.05, 4.69) is 0 Å². The van der Waals surface area contributed by atoms with Crippen molar-refractivity contribution in [2.45, 2.75) is 4.90 Å². The van der Waals surface area contributed by atoms with Gasteiger partial charge in [0.1, 0.15) is 0 Å². The molecule has 4 radical (unpaired) electrons. The van der Waals surface area contributed by atoms with E-state index >= 15 is 0 Å². The van der Waals surface area contributed by atoms with Crippen molar-refractivity contribution in [3.8, 4) is 0 Å². The maximum absolute atomic E-state index is 10.7. The van der Waals surface area contributed by atoms with Crippen molar-refractivity contribution in [3.63, 3.8) is 0 Å². The van der Waals surface area contributed by atoms with E-state index < -0.39 is 44.2 Å². The van der Waals surface area contributed by atoms with Gasteiger partial charge in [0.05, 0.1) is 16.0 Å². The largest absolute Gasteiger partial charge is 0 e. The van der Waals surface area contributed by atoms with Crippen LogP contribution in [0.1, 0.15) is 20.7 Å². The maximum atomic E-state index is 10.7. The third-order valence-corrected chi connectivity index (χ3v) is 2.60. The third-order valence-electron chi connectivity index (χ3n) is 1.75. The Morgan fingerprint density at radius 2 is 1.23 bits per heavy atom. The summed E-state index contributed by atoms with van der Waals surface area (Å²) in [6.45, 7) is 0. The molecule has 0 bridgehead atoms. The van der Waals surface area contributed by atoms with Crippen molar-refractivity contribution in [2.24, 2.45) is 0 Å². The average Bonchev–Trinajstić information content (AvgIpc) is 2.25. The Labute approximate surface area is 186 Å². The van der Waals surface area contributed by atoms with Crippen LogP contribution in [0.3, 0.4) is 0 Å². The van der Waals surface area contributed by atoms with Gasteiger partial charge in [-0.3, -0.25) is 4.55 Å². The molecule has 0 aliphatic carbocycles. The summed E-state index contributed by atoms with van der Waals surface area (Å²) in [5.74, 6) is -3.10. The van der Waals surface area contributed by atoms with Crippen LogP contribution in [0, 0.1) is 0 Å². The molecule has 0 amide bonds. The number of carboxylic acids is 2. The molecule has 0 heterocycles. The second kappa shape index (κ2) is 11.4. The van der Waals surface area contributed by atoms with E-state index in [0.717, 1.165) is 12.1 Å². The van der Waals surface area contributed by atoms with E-state index in [0.29, 0.717) is 6.07 Å². The predicted octanol–water partition coefficient (Wildman–Crippen LogP) is -0.477. The van der Waals surface area contributed by atoms with Crippen molar-refractivity contribution in [3.05, 3.63) is 29.3 Å². The normalized spacial score (nSPS) is 9.14. The van der Waals surface area contributed by atoms with Gasteiger partial charge >= 0.3 is 69.5 Å². The van der Waals surface area contributed by atoms with Crippen molar-refractivity contribution >= 4 is 107 Å². The van der Waals surface area contributed by atoms with Crippen LogP contribution in [0.4, 0.5) is 4.79 Å². The molecule has 10 nitrogen and oxygen atoms in total. The molecular formula is C9H9KO10PbS. The first kappa shape index (κ1) is 26.8. The molecule has 13 heteroatoms. The maximum Gasteiger partial charge on any atom is 0 e. The predicted molar refractivity (Wildman–Crippen MR) is 73.7 cm³/mol. The van der Waals surface area contributed by atoms with E-state index in [1.807, 2.05) is 0 Å². The molecule has 22 heavy (non-hydrogen) atoms. The molecular weight excluding hydrogens is 546 g/mol. The smallest absolute Gasteiger partial charge is 0 e. The van der Waals surface area contributed by atoms with Gasteiger partial charge in [0.25, 0.3) is 10.1 Å². The molecule has 1 aromatic rings. The molecule has 1 aromatic carbocycles. The first-order chi connectivity index (χ1) is 8.96. The van der Waals surface area contributed by atoms with Gasteiger partial charge in [0.2, 0.25) is 0 Å². The number of carbonyl (C=O) groups is 3. The molecule has 0 saturated heterocycles. The fourth-order valence-corrected chi connectivity index (χ4v) is 1.55. The van der Waals surface area contributed by atoms with Crippen LogP contribution in [-0.4, -0.2) is 130 Å². The molecule has 0 aliphatic heterocycles. The topological polar surface area (TPSA) is 186 Å². The minimum absolute atomic E-state index is 0. The van der Waals surface area contributed by atoms with E-state index in [-0.39, 0.29) is 78.7 Å². The summed E-state index contributed by atoms with van der Waals surface area (Å²) in [5, 5.41) is 31.2. The Morgan fingerprint density at radius 3 is 1.50 bits per heavy atom. The van der Waals surface area contributed by atoms with E-state index in [4.69, 9.17) is 29.8 Å².